The number of aliphatic hydroxyl groups is 1. The maximum Gasteiger partial charge on any atom is 0.172 e. The van der Waals surface area contributed by atoms with Crippen LogP contribution in [0, 0.1) is 11.8 Å². The van der Waals surface area contributed by atoms with Gasteiger partial charge in [-0.25, -0.2) is 0 Å². The standard InChI is InChI=1S/C15H20O3/c1-10(2)7-15(17)8-11(3)6-13(15)14(16)12-4-5-18-9-12/h4-5,7,9,11,13,17H,6,8H2,1-3H3/t11-,13-,15+/m1/s1. The Kier molecular flexibility index (Phi) is 3.44. The third kappa shape index (κ3) is 2.41. The summed E-state index contributed by atoms with van der Waals surface area (Å²) in [4.78, 5) is 12.4. The summed E-state index contributed by atoms with van der Waals surface area (Å²) in [5, 5.41) is 10.7. The van der Waals surface area contributed by atoms with Crippen LogP contribution in [0.15, 0.2) is 34.7 Å². The first-order valence-electron chi connectivity index (χ1n) is 6.37. The lowest BCUT2D eigenvalue weighted by atomic mass is 9.84. The Hall–Kier alpha value is -1.35. The predicted octanol–water partition coefficient (Wildman–Crippen LogP) is 3.21. The van der Waals surface area contributed by atoms with Gasteiger partial charge in [-0.3, -0.25) is 4.79 Å². The molecule has 1 aliphatic carbocycles. The summed E-state index contributed by atoms with van der Waals surface area (Å²) in [6.07, 6.45) is 6.15. The van der Waals surface area contributed by atoms with E-state index in [1.54, 1.807) is 6.07 Å². The van der Waals surface area contributed by atoms with Crippen LogP contribution < -0.4 is 0 Å². The minimum absolute atomic E-state index is 0.0203. The lowest BCUT2D eigenvalue weighted by molar-refractivity contribution is 0.0419. The number of ketones is 1. The van der Waals surface area contributed by atoms with Crippen LogP contribution >= 0.6 is 0 Å². The SMILES string of the molecule is CC(C)=C[C@]1(O)C[C@H](C)C[C@@H]1C(=O)c1ccoc1. The molecule has 1 aromatic rings. The van der Waals surface area contributed by atoms with Gasteiger partial charge in [0.25, 0.3) is 0 Å². The molecular weight excluding hydrogens is 228 g/mol. The van der Waals surface area contributed by atoms with Gasteiger partial charge >= 0.3 is 0 Å². The van der Waals surface area contributed by atoms with E-state index in [9.17, 15) is 9.90 Å². The van der Waals surface area contributed by atoms with Crippen molar-refractivity contribution in [3.05, 3.63) is 35.8 Å². The summed E-state index contributed by atoms with van der Waals surface area (Å²) >= 11 is 0. The van der Waals surface area contributed by atoms with E-state index in [4.69, 9.17) is 4.42 Å². The second-order valence-electron chi connectivity index (χ2n) is 5.69. The lowest BCUT2D eigenvalue weighted by Gasteiger charge is -2.26. The maximum absolute atomic E-state index is 12.4. The van der Waals surface area contributed by atoms with E-state index in [-0.39, 0.29) is 11.7 Å². The third-order valence-electron chi connectivity index (χ3n) is 3.58. The highest BCUT2D eigenvalue weighted by atomic mass is 16.3. The zero-order valence-electron chi connectivity index (χ0n) is 11.1. The van der Waals surface area contributed by atoms with Crippen molar-refractivity contribution in [1.29, 1.82) is 0 Å². The van der Waals surface area contributed by atoms with Crippen molar-refractivity contribution < 1.29 is 14.3 Å². The first-order valence-corrected chi connectivity index (χ1v) is 6.37. The fourth-order valence-electron chi connectivity index (χ4n) is 2.99. The number of allylic oxidation sites excluding steroid dienone is 1. The molecule has 3 atom stereocenters. The van der Waals surface area contributed by atoms with E-state index in [2.05, 4.69) is 6.92 Å². The van der Waals surface area contributed by atoms with E-state index in [1.165, 1.54) is 12.5 Å². The number of rotatable bonds is 3. The van der Waals surface area contributed by atoms with Crippen molar-refractivity contribution in [2.75, 3.05) is 0 Å². The lowest BCUT2D eigenvalue weighted by Crippen LogP contribution is -2.36. The molecule has 98 valence electrons. The Balaban J connectivity index is 2.30. The number of hydrogen-bond acceptors (Lipinski definition) is 3. The van der Waals surface area contributed by atoms with Crippen LogP contribution in [0.3, 0.4) is 0 Å². The van der Waals surface area contributed by atoms with Crippen LogP contribution in [-0.4, -0.2) is 16.5 Å². The Labute approximate surface area is 108 Å². The van der Waals surface area contributed by atoms with Gasteiger partial charge in [0.1, 0.15) is 6.26 Å². The van der Waals surface area contributed by atoms with Crippen molar-refractivity contribution in [3.63, 3.8) is 0 Å². The van der Waals surface area contributed by atoms with Gasteiger partial charge in [0.05, 0.1) is 23.3 Å². The Morgan fingerprint density at radius 3 is 2.83 bits per heavy atom. The topological polar surface area (TPSA) is 50.4 Å². The number of hydrogen-bond donors (Lipinski definition) is 1. The van der Waals surface area contributed by atoms with Crippen LogP contribution in [-0.2, 0) is 0 Å². The molecule has 3 heteroatoms. The molecule has 0 spiro atoms. The molecule has 1 N–H and O–H groups in total. The van der Waals surface area contributed by atoms with E-state index in [1.807, 2.05) is 19.9 Å². The molecule has 1 aromatic heterocycles. The summed E-state index contributed by atoms with van der Waals surface area (Å²) in [5.41, 5.74) is 0.582. The van der Waals surface area contributed by atoms with E-state index in [0.29, 0.717) is 17.9 Å². The zero-order chi connectivity index (χ0) is 13.3. The van der Waals surface area contributed by atoms with Crippen LogP contribution in [0.2, 0.25) is 0 Å². The predicted molar refractivity (Wildman–Crippen MR) is 69.3 cm³/mol. The average Bonchev–Trinajstić information content (AvgIpc) is 2.84. The van der Waals surface area contributed by atoms with Gasteiger partial charge in [-0.15, -0.1) is 0 Å². The molecule has 1 aliphatic rings. The van der Waals surface area contributed by atoms with Gasteiger partial charge in [0.2, 0.25) is 0 Å². The quantitative estimate of drug-likeness (QED) is 0.660. The van der Waals surface area contributed by atoms with E-state index in [0.717, 1.165) is 12.0 Å². The van der Waals surface area contributed by atoms with Gasteiger partial charge in [-0.2, -0.15) is 0 Å². The summed E-state index contributed by atoms with van der Waals surface area (Å²) in [6.45, 7) is 5.97. The smallest absolute Gasteiger partial charge is 0.172 e. The fourth-order valence-corrected chi connectivity index (χ4v) is 2.99. The van der Waals surface area contributed by atoms with Crippen molar-refractivity contribution in [2.45, 2.75) is 39.2 Å². The van der Waals surface area contributed by atoms with Gasteiger partial charge in [-0.1, -0.05) is 18.6 Å². The van der Waals surface area contributed by atoms with Crippen LogP contribution in [0.25, 0.3) is 0 Å². The van der Waals surface area contributed by atoms with Gasteiger partial charge in [0.15, 0.2) is 5.78 Å². The molecule has 3 nitrogen and oxygen atoms in total. The van der Waals surface area contributed by atoms with Crippen LogP contribution in [0.5, 0.6) is 0 Å². The van der Waals surface area contributed by atoms with E-state index < -0.39 is 5.60 Å². The maximum atomic E-state index is 12.4. The second kappa shape index (κ2) is 4.73. The minimum atomic E-state index is -1.01. The molecule has 0 aliphatic heterocycles. The molecule has 0 unspecified atom stereocenters. The second-order valence-corrected chi connectivity index (χ2v) is 5.69. The van der Waals surface area contributed by atoms with Crippen molar-refractivity contribution in [1.82, 2.24) is 0 Å². The average molecular weight is 248 g/mol. The fraction of sp³-hybridized carbons (Fsp3) is 0.533. The third-order valence-corrected chi connectivity index (χ3v) is 3.58. The van der Waals surface area contributed by atoms with Crippen molar-refractivity contribution in [3.8, 4) is 0 Å². The Morgan fingerprint density at radius 2 is 2.28 bits per heavy atom. The van der Waals surface area contributed by atoms with Gasteiger partial charge < -0.3 is 9.52 Å². The highest BCUT2D eigenvalue weighted by Crippen LogP contribution is 2.42. The summed E-state index contributed by atoms with van der Waals surface area (Å²) in [7, 11) is 0. The molecule has 18 heavy (non-hydrogen) atoms. The largest absolute Gasteiger partial charge is 0.472 e. The van der Waals surface area contributed by atoms with Crippen molar-refractivity contribution in [2.24, 2.45) is 11.8 Å². The molecule has 1 heterocycles. The van der Waals surface area contributed by atoms with Crippen molar-refractivity contribution >= 4 is 5.78 Å². The number of carbonyl (C=O) groups is 1. The molecule has 0 saturated heterocycles. The number of carbonyl (C=O) groups excluding carboxylic acids is 1. The number of furan rings is 1. The zero-order valence-corrected chi connectivity index (χ0v) is 11.1. The van der Waals surface area contributed by atoms with E-state index >= 15 is 0 Å². The highest BCUT2D eigenvalue weighted by Gasteiger charge is 2.47. The molecule has 0 aromatic carbocycles. The Bertz CT molecular complexity index is 454. The normalized spacial score (nSPS) is 31.3. The highest BCUT2D eigenvalue weighted by molar-refractivity contribution is 5.98. The molecule has 1 saturated carbocycles. The molecule has 1 fully saturated rings. The van der Waals surface area contributed by atoms with Crippen LogP contribution in [0.1, 0.15) is 44.0 Å². The summed E-state index contributed by atoms with van der Waals surface area (Å²) in [6, 6.07) is 1.66. The van der Waals surface area contributed by atoms with Gasteiger partial charge in [-0.05, 0) is 38.7 Å². The summed E-state index contributed by atoms with van der Waals surface area (Å²) in [5.74, 6) is -0.0282. The molecule has 2 rings (SSSR count). The van der Waals surface area contributed by atoms with Gasteiger partial charge in [0, 0.05) is 0 Å². The Morgan fingerprint density at radius 1 is 1.56 bits per heavy atom. The molecule has 0 radical (unpaired) electrons. The molecule has 0 bridgehead atoms. The monoisotopic (exact) mass is 248 g/mol. The first-order chi connectivity index (χ1) is 8.42. The molecular formula is C15H20O3. The van der Waals surface area contributed by atoms with Crippen LogP contribution in [0.4, 0.5) is 0 Å². The minimum Gasteiger partial charge on any atom is -0.472 e. The number of Topliss-reactive ketones (excluding diaryl/α,β-unsaturated/α-hetero) is 1. The summed E-state index contributed by atoms with van der Waals surface area (Å²) < 4.78 is 4.95. The first kappa shape index (κ1) is 13.1. The molecule has 0 amide bonds.